The van der Waals surface area contributed by atoms with Gasteiger partial charge in [-0.2, -0.15) is 0 Å². The Morgan fingerprint density at radius 2 is 2.08 bits per heavy atom. The average Bonchev–Trinajstić information content (AvgIpc) is 3.23. The van der Waals surface area contributed by atoms with Crippen LogP contribution in [-0.2, 0) is 9.47 Å². The molecule has 1 saturated carbocycles. The van der Waals surface area contributed by atoms with Gasteiger partial charge in [0.25, 0.3) is 5.56 Å². The third kappa shape index (κ3) is 3.39. The van der Waals surface area contributed by atoms with Crippen LogP contribution in [0.25, 0.3) is 10.2 Å². The first-order valence-electron chi connectivity index (χ1n) is 8.99. The van der Waals surface area contributed by atoms with Crippen molar-refractivity contribution in [2.24, 2.45) is 0 Å². The molecule has 2 aromatic heterocycles. The first-order valence-corrected chi connectivity index (χ1v) is 10.8. The predicted molar refractivity (Wildman–Crippen MR) is 102 cm³/mol. The summed E-state index contributed by atoms with van der Waals surface area (Å²) in [7, 11) is 0. The molecule has 25 heavy (non-hydrogen) atoms. The van der Waals surface area contributed by atoms with Gasteiger partial charge in [-0.3, -0.25) is 9.36 Å². The van der Waals surface area contributed by atoms with Crippen molar-refractivity contribution in [3.05, 3.63) is 20.8 Å². The largest absolute Gasteiger partial charge is 0.355 e. The number of thiophene rings is 1. The fraction of sp³-hybridized carbons (Fsp3) is 0.667. The van der Waals surface area contributed by atoms with E-state index in [1.165, 1.54) is 17.7 Å². The van der Waals surface area contributed by atoms with Gasteiger partial charge in [-0.15, -0.1) is 11.3 Å². The van der Waals surface area contributed by atoms with E-state index >= 15 is 0 Å². The van der Waals surface area contributed by atoms with E-state index in [9.17, 15) is 4.79 Å². The van der Waals surface area contributed by atoms with Crippen LogP contribution in [0, 0.1) is 13.8 Å². The van der Waals surface area contributed by atoms with Crippen LogP contribution in [0.2, 0.25) is 0 Å². The zero-order valence-electron chi connectivity index (χ0n) is 14.7. The van der Waals surface area contributed by atoms with Gasteiger partial charge in [0, 0.05) is 16.7 Å². The molecule has 136 valence electrons. The number of nitrogens with zero attached hydrogens (tertiary/aromatic N) is 2. The zero-order chi connectivity index (χ0) is 17.4. The van der Waals surface area contributed by atoms with Crippen molar-refractivity contribution in [1.29, 1.82) is 0 Å². The number of aromatic nitrogens is 2. The summed E-state index contributed by atoms with van der Waals surface area (Å²) < 4.78 is 12.9. The Balaban J connectivity index is 1.72. The molecule has 7 heteroatoms. The standard InChI is InChI=1S/C18H24N2O3S2/c1-11-12(2)25-16-15(11)17(21)20(13-5-3-4-6-13)18(19-16)24-9-14-7-8-22-10-23-14/h13-14H,3-10H2,1-2H3. The normalized spacial score (nSPS) is 22.1. The van der Waals surface area contributed by atoms with Gasteiger partial charge in [0.1, 0.15) is 11.6 Å². The summed E-state index contributed by atoms with van der Waals surface area (Å²) in [4.78, 5) is 20.3. The predicted octanol–water partition coefficient (Wildman–Crippen LogP) is 4.05. The fourth-order valence-corrected chi connectivity index (χ4v) is 5.88. The zero-order valence-corrected chi connectivity index (χ0v) is 16.4. The number of ether oxygens (including phenoxy) is 2. The summed E-state index contributed by atoms with van der Waals surface area (Å²) in [6, 6.07) is 0.294. The molecule has 1 aliphatic carbocycles. The lowest BCUT2D eigenvalue weighted by atomic mass is 10.2. The second-order valence-corrected chi connectivity index (χ2v) is 9.08. The topological polar surface area (TPSA) is 53.4 Å². The Morgan fingerprint density at radius 1 is 1.28 bits per heavy atom. The van der Waals surface area contributed by atoms with E-state index in [0.29, 0.717) is 12.8 Å². The van der Waals surface area contributed by atoms with E-state index in [1.54, 1.807) is 23.1 Å². The summed E-state index contributed by atoms with van der Waals surface area (Å²) in [6.45, 7) is 5.23. The number of aryl methyl sites for hydroxylation is 2. The average molecular weight is 381 g/mol. The minimum Gasteiger partial charge on any atom is -0.355 e. The Bertz CT molecular complexity index is 818. The molecule has 2 aliphatic rings. The van der Waals surface area contributed by atoms with E-state index in [1.807, 2.05) is 11.5 Å². The molecule has 0 N–H and O–H groups in total. The molecule has 2 fully saturated rings. The van der Waals surface area contributed by atoms with Crippen LogP contribution < -0.4 is 5.56 Å². The summed E-state index contributed by atoms with van der Waals surface area (Å²) in [5, 5.41) is 1.68. The molecule has 1 unspecified atom stereocenters. The van der Waals surface area contributed by atoms with E-state index in [0.717, 1.165) is 52.6 Å². The first kappa shape index (κ1) is 17.5. The lowest BCUT2D eigenvalue weighted by Crippen LogP contribution is -2.28. The summed E-state index contributed by atoms with van der Waals surface area (Å²) in [5.41, 5.74) is 1.24. The molecule has 2 aromatic rings. The second kappa shape index (κ2) is 7.39. The minimum absolute atomic E-state index is 0.147. The number of hydrogen-bond acceptors (Lipinski definition) is 6. The van der Waals surface area contributed by atoms with Crippen molar-refractivity contribution in [2.75, 3.05) is 19.2 Å². The van der Waals surface area contributed by atoms with Gasteiger partial charge < -0.3 is 9.47 Å². The maximum absolute atomic E-state index is 13.3. The van der Waals surface area contributed by atoms with Gasteiger partial charge in [0.05, 0.1) is 18.1 Å². The van der Waals surface area contributed by atoms with Crippen LogP contribution in [0.5, 0.6) is 0 Å². The molecule has 1 atom stereocenters. The van der Waals surface area contributed by atoms with Gasteiger partial charge in [-0.25, -0.2) is 4.98 Å². The molecule has 0 bridgehead atoms. The van der Waals surface area contributed by atoms with Gasteiger partial charge in [0.15, 0.2) is 5.16 Å². The minimum atomic E-state index is 0.147. The lowest BCUT2D eigenvalue weighted by molar-refractivity contribution is -0.130. The van der Waals surface area contributed by atoms with E-state index in [-0.39, 0.29) is 11.7 Å². The third-order valence-corrected chi connectivity index (χ3v) is 7.45. The lowest BCUT2D eigenvalue weighted by Gasteiger charge is -2.23. The van der Waals surface area contributed by atoms with Crippen molar-refractivity contribution < 1.29 is 9.47 Å². The maximum atomic E-state index is 13.3. The second-order valence-electron chi connectivity index (χ2n) is 6.89. The third-order valence-electron chi connectivity index (χ3n) is 5.26. The number of fused-ring (bicyclic) bond motifs is 1. The quantitative estimate of drug-likeness (QED) is 0.592. The molecular weight excluding hydrogens is 356 g/mol. The van der Waals surface area contributed by atoms with Gasteiger partial charge >= 0.3 is 0 Å². The Morgan fingerprint density at radius 3 is 2.80 bits per heavy atom. The summed E-state index contributed by atoms with van der Waals surface area (Å²) >= 11 is 3.29. The highest BCUT2D eigenvalue weighted by molar-refractivity contribution is 7.99. The summed E-state index contributed by atoms with van der Waals surface area (Å²) in [5.74, 6) is 0.817. The highest BCUT2D eigenvalue weighted by Crippen LogP contribution is 2.35. The van der Waals surface area contributed by atoms with Crippen molar-refractivity contribution >= 4 is 33.3 Å². The molecule has 0 aromatic carbocycles. The SMILES string of the molecule is Cc1sc2nc(SCC3CCOCO3)n(C3CCCC3)c(=O)c2c1C. The van der Waals surface area contributed by atoms with Gasteiger partial charge in [0.2, 0.25) is 0 Å². The van der Waals surface area contributed by atoms with Crippen molar-refractivity contribution in [2.45, 2.75) is 63.3 Å². The monoisotopic (exact) mass is 380 g/mol. The molecule has 0 amide bonds. The van der Waals surface area contributed by atoms with Gasteiger partial charge in [-0.05, 0) is 38.7 Å². The first-order chi connectivity index (χ1) is 12.1. The van der Waals surface area contributed by atoms with Crippen LogP contribution in [0.1, 0.15) is 48.6 Å². The van der Waals surface area contributed by atoms with Crippen LogP contribution in [0.4, 0.5) is 0 Å². The number of hydrogen-bond donors (Lipinski definition) is 0. The van der Waals surface area contributed by atoms with Crippen molar-refractivity contribution in [1.82, 2.24) is 9.55 Å². The van der Waals surface area contributed by atoms with E-state index in [2.05, 4.69) is 6.92 Å². The number of thioether (sulfide) groups is 1. The fourth-order valence-electron chi connectivity index (χ4n) is 3.67. The molecule has 0 radical (unpaired) electrons. The van der Waals surface area contributed by atoms with Crippen molar-refractivity contribution in [3.63, 3.8) is 0 Å². The number of rotatable bonds is 4. The van der Waals surface area contributed by atoms with E-state index in [4.69, 9.17) is 14.5 Å². The van der Waals surface area contributed by atoms with Crippen molar-refractivity contribution in [3.8, 4) is 0 Å². The molecule has 1 aliphatic heterocycles. The molecule has 4 rings (SSSR count). The Kier molecular flexibility index (Phi) is 5.18. The Hall–Kier alpha value is -0.890. The van der Waals surface area contributed by atoms with Crippen LogP contribution in [-0.4, -0.2) is 34.8 Å². The molecule has 1 saturated heterocycles. The van der Waals surface area contributed by atoms with Crippen LogP contribution >= 0.6 is 23.1 Å². The molecule has 3 heterocycles. The molecular formula is C18H24N2O3S2. The summed E-state index contributed by atoms with van der Waals surface area (Å²) in [6.07, 6.45) is 5.64. The maximum Gasteiger partial charge on any atom is 0.263 e. The van der Waals surface area contributed by atoms with E-state index < -0.39 is 0 Å². The highest BCUT2D eigenvalue weighted by Gasteiger charge is 2.25. The van der Waals surface area contributed by atoms with Crippen LogP contribution in [0.3, 0.4) is 0 Å². The van der Waals surface area contributed by atoms with Gasteiger partial charge in [-0.1, -0.05) is 24.6 Å². The molecule has 5 nitrogen and oxygen atoms in total. The smallest absolute Gasteiger partial charge is 0.263 e. The Labute approximate surface area is 155 Å². The van der Waals surface area contributed by atoms with Crippen LogP contribution in [0.15, 0.2) is 9.95 Å². The highest BCUT2D eigenvalue weighted by atomic mass is 32.2. The molecule has 0 spiro atoms.